The molecule has 0 amide bonds. The van der Waals surface area contributed by atoms with Crippen molar-refractivity contribution >= 4 is 5.97 Å². The first kappa shape index (κ1) is 13.0. The molecule has 2 rings (SSSR count). The monoisotopic (exact) mass is 253 g/mol. The predicted octanol–water partition coefficient (Wildman–Crippen LogP) is 0.249. The molecule has 0 unspecified atom stereocenters. The van der Waals surface area contributed by atoms with E-state index in [1.54, 1.807) is 12.5 Å². The minimum Gasteiger partial charge on any atom is -0.464 e. The highest BCUT2D eigenvalue weighted by Crippen LogP contribution is 2.15. The highest BCUT2D eigenvalue weighted by atomic mass is 16.5. The number of aromatic amines is 1. The highest BCUT2D eigenvalue weighted by Gasteiger charge is 2.20. The number of nitrogens with one attached hydrogen (secondary N) is 1. The van der Waals surface area contributed by atoms with Crippen LogP contribution in [-0.4, -0.2) is 41.8 Å². The van der Waals surface area contributed by atoms with Crippen LogP contribution in [0.2, 0.25) is 0 Å². The van der Waals surface area contributed by atoms with E-state index in [4.69, 9.17) is 15.2 Å². The summed E-state index contributed by atoms with van der Waals surface area (Å²) in [6, 6.07) is -0.634. The molecule has 0 aliphatic carbocycles. The molecular weight excluding hydrogens is 234 g/mol. The van der Waals surface area contributed by atoms with Gasteiger partial charge in [0.05, 0.1) is 12.9 Å². The number of nitrogens with zero attached hydrogens (tertiary/aromatic N) is 1. The maximum Gasteiger partial charge on any atom is 0.323 e. The number of imidazole rings is 1. The van der Waals surface area contributed by atoms with E-state index in [0.29, 0.717) is 18.9 Å². The van der Waals surface area contributed by atoms with Crippen LogP contribution < -0.4 is 5.73 Å². The number of hydrogen-bond donors (Lipinski definition) is 2. The van der Waals surface area contributed by atoms with Crippen molar-refractivity contribution in [3.8, 4) is 0 Å². The lowest BCUT2D eigenvalue weighted by Crippen LogP contribution is -2.36. The van der Waals surface area contributed by atoms with E-state index in [9.17, 15) is 4.79 Å². The lowest BCUT2D eigenvalue weighted by Gasteiger charge is -2.22. The standard InChI is InChI=1S/C12H19N3O3/c13-11(5-10-6-14-8-15-10)12(16)18-7-9-1-3-17-4-2-9/h6,8-9,11H,1-5,7,13H2,(H,14,15)/t11-/m1/s1. The summed E-state index contributed by atoms with van der Waals surface area (Å²) in [5, 5.41) is 0. The summed E-state index contributed by atoms with van der Waals surface area (Å²) >= 11 is 0. The summed E-state index contributed by atoms with van der Waals surface area (Å²) in [6.45, 7) is 1.95. The van der Waals surface area contributed by atoms with Gasteiger partial charge in [-0.25, -0.2) is 4.98 Å². The van der Waals surface area contributed by atoms with Crippen LogP contribution >= 0.6 is 0 Å². The summed E-state index contributed by atoms with van der Waals surface area (Å²) < 4.78 is 10.5. The Balaban J connectivity index is 1.70. The molecule has 1 aromatic heterocycles. The molecule has 1 aliphatic heterocycles. The van der Waals surface area contributed by atoms with E-state index >= 15 is 0 Å². The Morgan fingerprint density at radius 3 is 3.06 bits per heavy atom. The Morgan fingerprint density at radius 1 is 1.61 bits per heavy atom. The Kier molecular flexibility index (Phi) is 4.72. The lowest BCUT2D eigenvalue weighted by molar-refractivity contribution is -0.147. The third-order valence-electron chi connectivity index (χ3n) is 3.10. The van der Waals surface area contributed by atoms with E-state index < -0.39 is 6.04 Å². The van der Waals surface area contributed by atoms with Crippen molar-refractivity contribution in [2.45, 2.75) is 25.3 Å². The van der Waals surface area contributed by atoms with E-state index in [1.165, 1.54) is 0 Å². The van der Waals surface area contributed by atoms with Crippen LogP contribution in [0.5, 0.6) is 0 Å². The first-order valence-corrected chi connectivity index (χ1v) is 6.23. The molecule has 0 radical (unpaired) electrons. The molecule has 3 N–H and O–H groups in total. The number of esters is 1. The Bertz CT molecular complexity index is 361. The molecule has 1 aromatic rings. The molecule has 2 heterocycles. The van der Waals surface area contributed by atoms with Crippen LogP contribution in [-0.2, 0) is 20.7 Å². The third kappa shape index (κ3) is 3.82. The van der Waals surface area contributed by atoms with Gasteiger partial charge in [0.2, 0.25) is 0 Å². The predicted molar refractivity (Wildman–Crippen MR) is 64.8 cm³/mol. The Hall–Kier alpha value is -1.40. The number of hydrogen-bond acceptors (Lipinski definition) is 5. The Morgan fingerprint density at radius 2 is 2.39 bits per heavy atom. The van der Waals surface area contributed by atoms with Crippen LogP contribution in [0.4, 0.5) is 0 Å². The fourth-order valence-electron chi connectivity index (χ4n) is 1.94. The lowest BCUT2D eigenvalue weighted by atomic mass is 10.0. The fraction of sp³-hybridized carbons (Fsp3) is 0.667. The maximum atomic E-state index is 11.7. The second-order valence-electron chi connectivity index (χ2n) is 4.57. The summed E-state index contributed by atoms with van der Waals surface area (Å²) in [4.78, 5) is 18.5. The van der Waals surface area contributed by atoms with Crippen molar-refractivity contribution < 1.29 is 14.3 Å². The first-order chi connectivity index (χ1) is 8.75. The van der Waals surface area contributed by atoms with Gasteiger partial charge in [0, 0.05) is 31.5 Å². The molecule has 1 saturated heterocycles. The Labute approximate surface area is 106 Å². The number of rotatable bonds is 5. The minimum absolute atomic E-state index is 0.351. The van der Waals surface area contributed by atoms with Gasteiger partial charge in [0.15, 0.2) is 0 Å². The average Bonchev–Trinajstić information content (AvgIpc) is 2.90. The van der Waals surface area contributed by atoms with Crippen molar-refractivity contribution in [2.24, 2.45) is 11.7 Å². The van der Waals surface area contributed by atoms with Crippen LogP contribution in [0.15, 0.2) is 12.5 Å². The van der Waals surface area contributed by atoms with Gasteiger partial charge >= 0.3 is 5.97 Å². The SMILES string of the molecule is N[C@H](Cc1cnc[nH]1)C(=O)OCC1CCOCC1. The first-order valence-electron chi connectivity index (χ1n) is 6.23. The largest absolute Gasteiger partial charge is 0.464 e. The molecule has 0 aromatic carbocycles. The summed E-state index contributed by atoms with van der Waals surface area (Å²) in [5.41, 5.74) is 6.62. The molecule has 0 spiro atoms. The summed E-state index contributed by atoms with van der Waals surface area (Å²) in [5.74, 6) is 0.0538. The molecule has 1 aliphatic rings. The minimum atomic E-state index is -0.634. The molecule has 18 heavy (non-hydrogen) atoms. The number of carbonyl (C=O) groups is 1. The molecule has 1 fully saturated rings. The zero-order valence-electron chi connectivity index (χ0n) is 10.3. The third-order valence-corrected chi connectivity index (χ3v) is 3.10. The zero-order chi connectivity index (χ0) is 12.8. The number of nitrogens with two attached hydrogens (primary N) is 1. The highest BCUT2D eigenvalue weighted by molar-refractivity contribution is 5.75. The van der Waals surface area contributed by atoms with Crippen LogP contribution in [0.1, 0.15) is 18.5 Å². The van der Waals surface area contributed by atoms with E-state index in [1.807, 2.05) is 0 Å². The second kappa shape index (κ2) is 6.51. The number of ether oxygens (including phenoxy) is 2. The second-order valence-corrected chi connectivity index (χ2v) is 4.57. The van der Waals surface area contributed by atoms with Crippen LogP contribution in [0.25, 0.3) is 0 Å². The quantitative estimate of drug-likeness (QED) is 0.734. The molecule has 0 saturated carbocycles. The smallest absolute Gasteiger partial charge is 0.323 e. The van der Waals surface area contributed by atoms with Gasteiger partial charge in [-0.05, 0) is 18.8 Å². The normalized spacial score (nSPS) is 18.5. The molecule has 0 bridgehead atoms. The number of H-pyrrole nitrogens is 1. The molecule has 6 heteroatoms. The zero-order valence-corrected chi connectivity index (χ0v) is 10.3. The van der Waals surface area contributed by atoms with Crippen molar-refractivity contribution in [1.82, 2.24) is 9.97 Å². The van der Waals surface area contributed by atoms with Gasteiger partial charge in [0.25, 0.3) is 0 Å². The molecule has 1 atom stereocenters. The van der Waals surface area contributed by atoms with Crippen molar-refractivity contribution in [1.29, 1.82) is 0 Å². The number of aromatic nitrogens is 2. The van der Waals surface area contributed by atoms with Gasteiger partial charge in [0.1, 0.15) is 6.04 Å². The van der Waals surface area contributed by atoms with Gasteiger partial charge in [-0.15, -0.1) is 0 Å². The van der Waals surface area contributed by atoms with Crippen molar-refractivity contribution in [3.05, 3.63) is 18.2 Å². The molecule has 6 nitrogen and oxygen atoms in total. The summed E-state index contributed by atoms with van der Waals surface area (Å²) in [6.07, 6.45) is 5.54. The maximum absolute atomic E-state index is 11.7. The topological polar surface area (TPSA) is 90.2 Å². The number of carbonyl (C=O) groups excluding carboxylic acids is 1. The van der Waals surface area contributed by atoms with E-state index in [0.717, 1.165) is 31.7 Å². The fourth-order valence-corrected chi connectivity index (χ4v) is 1.94. The summed E-state index contributed by atoms with van der Waals surface area (Å²) in [7, 11) is 0. The molecular formula is C12H19N3O3. The van der Waals surface area contributed by atoms with Crippen molar-refractivity contribution in [3.63, 3.8) is 0 Å². The van der Waals surface area contributed by atoms with Gasteiger partial charge < -0.3 is 20.2 Å². The van der Waals surface area contributed by atoms with Gasteiger partial charge in [-0.2, -0.15) is 0 Å². The van der Waals surface area contributed by atoms with E-state index in [2.05, 4.69) is 9.97 Å². The van der Waals surface area contributed by atoms with Gasteiger partial charge in [-0.3, -0.25) is 4.79 Å². The van der Waals surface area contributed by atoms with Crippen LogP contribution in [0, 0.1) is 5.92 Å². The average molecular weight is 253 g/mol. The van der Waals surface area contributed by atoms with E-state index in [-0.39, 0.29) is 5.97 Å². The van der Waals surface area contributed by atoms with Gasteiger partial charge in [-0.1, -0.05) is 0 Å². The van der Waals surface area contributed by atoms with Crippen molar-refractivity contribution in [2.75, 3.05) is 19.8 Å². The molecule has 100 valence electrons. The van der Waals surface area contributed by atoms with Crippen LogP contribution in [0.3, 0.4) is 0 Å².